The molecule has 0 atom stereocenters. The van der Waals surface area contributed by atoms with Crippen molar-refractivity contribution in [1.29, 1.82) is 5.41 Å². The van der Waals surface area contributed by atoms with Crippen LogP contribution in [0.4, 0.5) is 8.78 Å². The molecule has 0 fully saturated rings. The number of nitrogens with two attached hydrogens (primary N) is 1. The van der Waals surface area contributed by atoms with Crippen LogP contribution >= 0.6 is 11.6 Å². The molecule has 0 heterocycles. The van der Waals surface area contributed by atoms with E-state index >= 15 is 0 Å². The molecule has 0 radical (unpaired) electrons. The summed E-state index contributed by atoms with van der Waals surface area (Å²) in [6.07, 6.45) is 0. The predicted octanol–water partition coefficient (Wildman–Crippen LogP) is 1.90. The highest BCUT2D eigenvalue weighted by Gasteiger charge is 2.09. The second-order valence-electron chi connectivity index (χ2n) is 2.16. The van der Waals surface area contributed by atoms with Crippen molar-refractivity contribution in [2.75, 3.05) is 0 Å². The van der Waals surface area contributed by atoms with E-state index in [1.165, 1.54) is 0 Å². The minimum Gasteiger partial charge on any atom is -0.384 e. The molecule has 1 rings (SSSR count). The van der Waals surface area contributed by atoms with Crippen LogP contribution in [0, 0.1) is 17.0 Å². The Hall–Kier alpha value is -1.16. The van der Waals surface area contributed by atoms with Gasteiger partial charge in [0.1, 0.15) is 5.84 Å². The third-order valence-electron chi connectivity index (χ3n) is 1.30. The first kappa shape index (κ1) is 8.93. The molecule has 64 valence electrons. The maximum Gasteiger partial charge on any atom is 0.160 e. The van der Waals surface area contributed by atoms with Crippen LogP contribution < -0.4 is 5.73 Å². The highest BCUT2D eigenvalue weighted by molar-refractivity contribution is 6.33. The van der Waals surface area contributed by atoms with Crippen LogP contribution in [0.5, 0.6) is 0 Å². The average molecular weight is 191 g/mol. The molecule has 12 heavy (non-hydrogen) atoms. The summed E-state index contributed by atoms with van der Waals surface area (Å²) in [6.45, 7) is 0. The van der Waals surface area contributed by atoms with Crippen LogP contribution in [-0.2, 0) is 0 Å². The molecule has 5 heteroatoms. The molecular weight excluding hydrogens is 186 g/mol. The highest BCUT2D eigenvalue weighted by Crippen LogP contribution is 2.19. The zero-order valence-corrected chi connectivity index (χ0v) is 6.62. The maximum absolute atomic E-state index is 12.5. The fraction of sp³-hybridized carbons (Fsp3) is 0. The Labute approximate surface area is 72.5 Å². The van der Waals surface area contributed by atoms with Gasteiger partial charge in [0.15, 0.2) is 11.6 Å². The standard InChI is InChI=1S/C7H5ClF2N2/c8-4-2-6(10)5(9)1-3(4)7(11)12/h1-2H,(H3,11,12). The van der Waals surface area contributed by atoms with Gasteiger partial charge < -0.3 is 5.73 Å². The summed E-state index contributed by atoms with van der Waals surface area (Å²) in [5.74, 6) is -2.51. The van der Waals surface area contributed by atoms with E-state index in [0.717, 1.165) is 12.1 Å². The molecule has 0 spiro atoms. The lowest BCUT2D eigenvalue weighted by atomic mass is 10.2. The summed E-state index contributed by atoms with van der Waals surface area (Å²) in [7, 11) is 0. The van der Waals surface area contributed by atoms with Crippen LogP contribution in [0.15, 0.2) is 12.1 Å². The number of amidine groups is 1. The van der Waals surface area contributed by atoms with Gasteiger partial charge >= 0.3 is 0 Å². The summed E-state index contributed by atoms with van der Waals surface area (Å²) in [5.41, 5.74) is 5.04. The van der Waals surface area contributed by atoms with Crippen molar-refractivity contribution >= 4 is 17.4 Å². The largest absolute Gasteiger partial charge is 0.384 e. The molecule has 1 aromatic carbocycles. The molecule has 0 bridgehead atoms. The SMILES string of the molecule is N=C(N)c1cc(F)c(F)cc1Cl. The van der Waals surface area contributed by atoms with Crippen LogP contribution in [-0.4, -0.2) is 5.84 Å². The van der Waals surface area contributed by atoms with Gasteiger partial charge in [-0.1, -0.05) is 11.6 Å². The minimum atomic E-state index is -1.07. The first-order valence-electron chi connectivity index (χ1n) is 3.01. The van der Waals surface area contributed by atoms with Crippen molar-refractivity contribution in [2.24, 2.45) is 5.73 Å². The Morgan fingerprint density at radius 3 is 2.33 bits per heavy atom. The second kappa shape index (κ2) is 3.06. The molecular formula is C7H5ClF2N2. The van der Waals surface area contributed by atoms with E-state index in [-0.39, 0.29) is 16.4 Å². The van der Waals surface area contributed by atoms with Crippen molar-refractivity contribution < 1.29 is 8.78 Å². The third-order valence-corrected chi connectivity index (χ3v) is 1.61. The zero-order valence-electron chi connectivity index (χ0n) is 5.87. The van der Waals surface area contributed by atoms with Crippen LogP contribution in [0.1, 0.15) is 5.56 Å². The van der Waals surface area contributed by atoms with E-state index in [4.69, 9.17) is 22.7 Å². The minimum absolute atomic E-state index is 0.00410. The lowest BCUT2D eigenvalue weighted by Gasteiger charge is -2.01. The molecule has 1 aromatic rings. The Bertz CT molecular complexity index is 338. The number of hydrogen-bond donors (Lipinski definition) is 2. The van der Waals surface area contributed by atoms with Gasteiger partial charge in [0.05, 0.1) is 5.02 Å². The number of halogens is 3. The summed E-state index contributed by atoms with van der Waals surface area (Å²) in [6, 6.07) is 1.58. The summed E-state index contributed by atoms with van der Waals surface area (Å²) in [5, 5.41) is 6.88. The predicted molar refractivity (Wildman–Crippen MR) is 42.4 cm³/mol. The molecule has 3 N–H and O–H groups in total. The fourth-order valence-electron chi connectivity index (χ4n) is 0.729. The van der Waals surface area contributed by atoms with E-state index < -0.39 is 11.6 Å². The number of hydrogen-bond acceptors (Lipinski definition) is 1. The maximum atomic E-state index is 12.5. The number of benzene rings is 1. The summed E-state index contributed by atoms with van der Waals surface area (Å²) in [4.78, 5) is 0. The number of rotatable bonds is 1. The Kier molecular flexibility index (Phi) is 2.28. The average Bonchev–Trinajstić information content (AvgIpc) is 1.96. The van der Waals surface area contributed by atoms with Gasteiger partial charge in [0.25, 0.3) is 0 Å². The van der Waals surface area contributed by atoms with Crippen molar-refractivity contribution in [3.63, 3.8) is 0 Å². The van der Waals surface area contributed by atoms with Gasteiger partial charge in [-0.05, 0) is 12.1 Å². The Balaban J connectivity index is 3.33. The normalized spacial score (nSPS) is 9.92. The third kappa shape index (κ3) is 1.53. The van der Waals surface area contributed by atoms with Crippen LogP contribution in [0.25, 0.3) is 0 Å². The topological polar surface area (TPSA) is 49.9 Å². The fourth-order valence-corrected chi connectivity index (χ4v) is 0.981. The van der Waals surface area contributed by atoms with E-state index in [2.05, 4.69) is 0 Å². The molecule has 0 unspecified atom stereocenters. The Morgan fingerprint density at radius 1 is 1.33 bits per heavy atom. The van der Waals surface area contributed by atoms with Gasteiger partial charge in [-0.2, -0.15) is 0 Å². The molecule has 0 saturated heterocycles. The number of nitrogen functional groups attached to an aromatic ring is 1. The van der Waals surface area contributed by atoms with Crippen LogP contribution in [0.2, 0.25) is 5.02 Å². The lowest BCUT2D eigenvalue weighted by Crippen LogP contribution is -2.12. The molecule has 2 nitrogen and oxygen atoms in total. The van der Waals surface area contributed by atoms with Crippen molar-refractivity contribution in [1.82, 2.24) is 0 Å². The smallest absolute Gasteiger partial charge is 0.160 e. The van der Waals surface area contributed by atoms with E-state index in [1.807, 2.05) is 0 Å². The van der Waals surface area contributed by atoms with Gasteiger partial charge in [0.2, 0.25) is 0 Å². The zero-order chi connectivity index (χ0) is 9.30. The van der Waals surface area contributed by atoms with E-state index in [1.54, 1.807) is 0 Å². The monoisotopic (exact) mass is 190 g/mol. The second-order valence-corrected chi connectivity index (χ2v) is 2.57. The lowest BCUT2D eigenvalue weighted by molar-refractivity contribution is 0.508. The highest BCUT2D eigenvalue weighted by atomic mass is 35.5. The van der Waals surface area contributed by atoms with Gasteiger partial charge in [-0.3, -0.25) is 5.41 Å². The molecule has 0 amide bonds. The molecule has 0 aromatic heterocycles. The summed E-state index contributed by atoms with van der Waals surface area (Å²) >= 11 is 5.47. The quantitative estimate of drug-likeness (QED) is 0.397. The van der Waals surface area contributed by atoms with Crippen LogP contribution in [0.3, 0.4) is 0 Å². The van der Waals surface area contributed by atoms with Crippen molar-refractivity contribution in [3.05, 3.63) is 34.4 Å². The van der Waals surface area contributed by atoms with Crippen molar-refractivity contribution in [2.45, 2.75) is 0 Å². The number of nitrogens with one attached hydrogen (secondary N) is 1. The molecule has 0 aliphatic carbocycles. The van der Waals surface area contributed by atoms with Gasteiger partial charge in [0, 0.05) is 5.56 Å². The van der Waals surface area contributed by atoms with Gasteiger partial charge in [-0.15, -0.1) is 0 Å². The molecule has 0 saturated carbocycles. The molecule has 0 aliphatic rings. The molecule has 0 aliphatic heterocycles. The summed E-state index contributed by atoms with van der Waals surface area (Å²) < 4.78 is 25.0. The van der Waals surface area contributed by atoms with E-state index in [0.29, 0.717) is 0 Å². The first-order chi connectivity index (χ1) is 5.52. The van der Waals surface area contributed by atoms with Gasteiger partial charge in [-0.25, -0.2) is 8.78 Å². The first-order valence-corrected chi connectivity index (χ1v) is 3.39. The Morgan fingerprint density at radius 2 is 1.83 bits per heavy atom. The van der Waals surface area contributed by atoms with E-state index in [9.17, 15) is 8.78 Å². The van der Waals surface area contributed by atoms with Crippen molar-refractivity contribution in [3.8, 4) is 0 Å².